The predicted octanol–water partition coefficient (Wildman–Crippen LogP) is 5.57. The van der Waals surface area contributed by atoms with Gasteiger partial charge in [0, 0.05) is 61.8 Å². The summed E-state index contributed by atoms with van der Waals surface area (Å²) in [6, 6.07) is 14.2. The maximum absolute atomic E-state index is 13.7. The molecule has 12 heteroatoms. The number of hydrogen-bond donors (Lipinski definition) is 1. The van der Waals surface area contributed by atoms with Gasteiger partial charge in [0.1, 0.15) is 5.75 Å². The lowest BCUT2D eigenvalue weighted by Gasteiger charge is -2.19. The topological polar surface area (TPSA) is 124 Å². The van der Waals surface area contributed by atoms with Crippen LogP contribution in [0.5, 0.6) is 28.7 Å². The molecule has 4 aliphatic rings. The third-order valence-corrected chi connectivity index (χ3v) is 9.21. The first kappa shape index (κ1) is 34.4. The van der Waals surface area contributed by atoms with Crippen LogP contribution < -0.4 is 29.0 Å². The van der Waals surface area contributed by atoms with Crippen LogP contribution in [-0.4, -0.2) is 94.3 Å². The van der Waals surface area contributed by atoms with E-state index < -0.39 is 0 Å². The summed E-state index contributed by atoms with van der Waals surface area (Å²) in [5.41, 5.74) is 4.86. The zero-order chi connectivity index (χ0) is 36.2. The minimum atomic E-state index is -0.202. The van der Waals surface area contributed by atoms with Crippen molar-refractivity contribution in [2.45, 2.75) is 31.3 Å². The largest absolute Gasteiger partial charge is 0.497 e. The zero-order valence-electron chi connectivity index (χ0n) is 29.5. The van der Waals surface area contributed by atoms with E-state index in [9.17, 15) is 9.59 Å². The van der Waals surface area contributed by atoms with Crippen molar-refractivity contribution in [3.8, 4) is 40.6 Å². The van der Waals surface area contributed by atoms with Gasteiger partial charge in [0.15, 0.2) is 23.0 Å². The summed E-state index contributed by atoms with van der Waals surface area (Å²) in [5.74, 6) is 8.44. The standard InChI is InChI=1S/C40H39N5O7/c1-41-12-5-7-25-15-28-21-42-33-19-37(35(49-3)17-31(33)39(46)44(28)23-25)51-13-6-14-52-38-20-34-32(18-36(38)50-4)40(47)45-24-27(16-29(45)22-43-34)26-8-10-30(48-2)11-9-26/h8-11,17-24,28-29,41H,6,12-16H2,1-4H3. The van der Waals surface area contributed by atoms with E-state index in [-0.39, 0.29) is 23.9 Å². The maximum Gasteiger partial charge on any atom is 0.260 e. The lowest BCUT2D eigenvalue weighted by atomic mass is 10.0. The Kier molecular flexibility index (Phi) is 9.95. The first-order chi connectivity index (χ1) is 25.4. The molecule has 2 unspecified atom stereocenters. The minimum Gasteiger partial charge on any atom is -0.497 e. The van der Waals surface area contributed by atoms with Crippen LogP contribution in [-0.2, 0) is 0 Å². The summed E-state index contributed by atoms with van der Waals surface area (Å²) < 4.78 is 28.7. The first-order valence-electron chi connectivity index (χ1n) is 17.0. The van der Waals surface area contributed by atoms with Crippen LogP contribution in [0.1, 0.15) is 45.5 Å². The predicted molar refractivity (Wildman–Crippen MR) is 198 cm³/mol. The third kappa shape index (κ3) is 6.83. The number of carbonyl (C=O) groups excluding carboxylic acids is 2. The molecule has 0 aliphatic carbocycles. The van der Waals surface area contributed by atoms with Gasteiger partial charge in [0.25, 0.3) is 11.8 Å². The highest BCUT2D eigenvalue weighted by molar-refractivity contribution is 6.06. The molecule has 3 aromatic carbocycles. The molecule has 0 aromatic heterocycles. The molecule has 2 atom stereocenters. The molecule has 12 nitrogen and oxygen atoms in total. The molecule has 2 amide bonds. The molecule has 0 spiro atoms. The Morgan fingerprint density at radius 1 is 0.750 bits per heavy atom. The van der Waals surface area contributed by atoms with Crippen LogP contribution in [0, 0.1) is 11.8 Å². The van der Waals surface area contributed by atoms with E-state index in [1.54, 1.807) is 60.7 Å². The third-order valence-electron chi connectivity index (χ3n) is 9.21. The van der Waals surface area contributed by atoms with Crippen molar-refractivity contribution in [2.75, 3.05) is 48.1 Å². The van der Waals surface area contributed by atoms with E-state index in [2.05, 4.69) is 22.2 Å². The number of hydrogen-bond acceptors (Lipinski definition) is 10. The monoisotopic (exact) mass is 701 g/mol. The smallest absolute Gasteiger partial charge is 0.260 e. The number of amides is 2. The lowest BCUT2D eigenvalue weighted by molar-refractivity contribution is 0.0809. The maximum atomic E-state index is 13.7. The fraction of sp³-hybridized carbons (Fsp3) is 0.300. The van der Waals surface area contributed by atoms with Crippen molar-refractivity contribution in [3.05, 3.63) is 83.2 Å². The van der Waals surface area contributed by atoms with Gasteiger partial charge in [-0.25, -0.2) is 0 Å². The van der Waals surface area contributed by atoms with E-state index in [0.29, 0.717) is 84.5 Å². The molecule has 0 fully saturated rings. The van der Waals surface area contributed by atoms with Crippen LogP contribution in [0.2, 0.25) is 0 Å². The first-order valence-corrected chi connectivity index (χ1v) is 17.0. The molecule has 52 heavy (non-hydrogen) atoms. The number of fused-ring (bicyclic) bond motifs is 4. The number of rotatable bonds is 11. The Morgan fingerprint density at radius 2 is 1.33 bits per heavy atom. The van der Waals surface area contributed by atoms with Gasteiger partial charge in [-0.2, -0.15) is 0 Å². The molecular weight excluding hydrogens is 662 g/mol. The molecule has 4 heterocycles. The van der Waals surface area contributed by atoms with Gasteiger partial charge in [-0.15, -0.1) is 0 Å². The van der Waals surface area contributed by atoms with Gasteiger partial charge >= 0.3 is 0 Å². The van der Waals surface area contributed by atoms with E-state index in [1.807, 2.05) is 43.7 Å². The van der Waals surface area contributed by atoms with Crippen LogP contribution in [0.4, 0.5) is 11.4 Å². The van der Waals surface area contributed by atoms with Crippen molar-refractivity contribution in [1.82, 2.24) is 15.1 Å². The fourth-order valence-electron chi connectivity index (χ4n) is 6.51. The second kappa shape index (κ2) is 15.0. The average molecular weight is 702 g/mol. The Bertz CT molecular complexity index is 2080. The molecule has 1 N–H and O–H groups in total. The SMILES string of the molecule is CNCC#CC1=CN2C(=O)c3cc(OC)c(OCCCOc4cc5c(cc4OC)C(=O)N4C=C(c6ccc(OC)cc6)CC4C=N5)cc3N=CC2C1. The highest BCUT2D eigenvalue weighted by Gasteiger charge is 2.34. The molecular formula is C40H39N5O7. The number of methoxy groups -OCH3 is 3. The minimum absolute atomic E-state index is 0.156. The number of benzene rings is 3. The molecule has 266 valence electrons. The van der Waals surface area contributed by atoms with Gasteiger partial charge < -0.3 is 38.8 Å². The molecule has 3 aromatic rings. The Balaban J connectivity index is 0.987. The van der Waals surface area contributed by atoms with Gasteiger partial charge in [0.2, 0.25) is 0 Å². The summed E-state index contributed by atoms with van der Waals surface area (Å²) in [7, 11) is 6.55. The van der Waals surface area contributed by atoms with Crippen LogP contribution in [0.3, 0.4) is 0 Å². The van der Waals surface area contributed by atoms with Gasteiger partial charge in [-0.1, -0.05) is 24.0 Å². The Hall–Kier alpha value is -6.06. The number of aliphatic imine (C=N–C) groups is 2. The van der Waals surface area contributed by atoms with E-state index in [4.69, 9.17) is 28.7 Å². The Morgan fingerprint density at radius 3 is 1.88 bits per heavy atom. The number of nitrogens with zero attached hydrogens (tertiary/aromatic N) is 4. The van der Waals surface area contributed by atoms with Crippen LogP contribution >= 0.6 is 0 Å². The zero-order valence-corrected chi connectivity index (χ0v) is 29.5. The lowest BCUT2D eigenvalue weighted by Crippen LogP contribution is -2.32. The average Bonchev–Trinajstić information content (AvgIpc) is 3.74. The summed E-state index contributed by atoms with van der Waals surface area (Å²) in [6.45, 7) is 1.19. The fourth-order valence-corrected chi connectivity index (χ4v) is 6.51. The molecule has 7 rings (SSSR count). The molecule has 0 saturated heterocycles. The summed E-state index contributed by atoms with van der Waals surface area (Å²) >= 11 is 0. The molecule has 0 bridgehead atoms. The molecule has 0 radical (unpaired) electrons. The van der Waals surface area contributed by atoms with Gasteiger partial charge in [0.05, 0.1) is 75.7 Å². The Labute approximate surface area is 302 Å². The quantitative estimate of drug-likeness (QED) is 0.204. The van der Waals surface area contributed by atoms with Crippen molar-refractivity contribution >= 4 is 41.2 Å². The van der Waals surface area contributed by atoms with E-state index in [1.165, 1.54) is 7.11 Å². The summed E-state index contributed by atoms with van der Waals surface area (Å²) in [4.78, 5) is 40.0. The number of carbonyl (C=O) groups is 2. The van der Waals surface area contributed by atoms with Crippen LogP contribution in [0.25, 0.3) is 5.57 Å². The van der Waals surface area contributed by atoms with Crippen molar-refractivity contribution < 1.29 is 33.3 Å². The number of nitrogens with one attached hydrogen (secondary N) is 1. The summed E-state index contributed by atoms with van der Waals surface area (Å²) in [6.07, 6.45) is 9.08. The highest BCUT2D eigenvalue weighted by atomic mass is 16.5. The highest BCUT2D eigenvalue weighted by Crippen LogP contribution is 2.41. The number of ether oxygens (including phenoxy) is 5. The summed E-state index contributed by atoms with van der Waals surface area (Å²) in [5, 5.41) is 3.00. The van der Waals surface area contributed by atoms with E-state index in [0.717, 1.165) is 22.5 Å². The van der Waals surface area contributed by atoms with Crippen molar-refractivity contribution in [3.63, 3.8) is 0 Å². The van der Waals surface area contributed by atoms with E-state index >= 15 is 0 Å². The molecule has 0 saturated carbocycles. The normalized spacial score (nSPS) is 18.2. The molecule has 4 aliphatic heterocycles. The van der Waals surface area contributed by atoms with Gasteiger partial charge in [-0.3, -0.25) is 19.6 Å². The second-order valence-electron chi connectivity index (χ2n) is 12.5. The van der Waals surface area contributed by atoms with Gasteiger partial charge in [-0.05, 0) is 42.4 Å². The van der Waals surface area contributed by atoms with Crippen molar-refractivity contribution in [2.24, 2.45) is 9.98 Å². The second-order valence-corrected chi connectivity index (χ2v) is 12.5. The van der Waals surface area contributed by atoms with Crippen molar-refractivity contribution in [1.29, 1.82) is 0 Å². The van der Waals surface area contributed by atoms with Crippen LogP contribution in [0.15, 0.2) is 76.5 Å².